The van der Waals surface area contributed by atoms with Gasteiger partial charge in [0.05, 0.1) is 5.56 Å². The van der Waals surface area contributed by atoms with Gasteiger partial charge in [-0.25, -0.2) is 0 Å². The maximum atomic E-state index is 12.8. The number of pyridine rings is 1. The van der Waals surface area contributed by atoms with Crippen molar-refractivity contribution in [2.24, 2.45) is 0 Å². The molecular weight excluding hydrogens is 367 g/mol. The lowest BCUT2D eigenvalue weighted by Gasteiger charge is -2.23. The van der Waals surface area contributed by atoms with Crippen molar-refractivity contribution in [1.82, 2.24) is 4.98 Å². The number of hydrogen-bond acceptors (Lipinski definition) is 3. The smallest absolute Gasteiger partial charge is 0.342 e. The van der Waals surface area contributed by atoms with Gasteiger partial charge in [0, 0.05) is 29.8 Å². The van der Waals surface area contributed by atoms with Gasteiger partial charge in [0.25, 0.3) is 5.91 Å². The Morgan fingerprint density at radius 3 is 2.43 bits per heavy atom. The molecule has 0 unspecified atom stereocenters. The number of rotatable bonds is 5. The number of hydrogen-bond donors (Lipinski definition) is 1. The summed E-state index contributed by atoms with van der Waals surface area (Å²) in [6.45, 7) is 2.65. The normalized spacial score (nSPS) is 11.1. The molecule has 0 fully saturated rings. The zero-order valence-corrected chi connectivity index (χ0v) is 15.1. The molecule has 0 saturated heterocycles. The number of nitrogens with one attached hydrogen (secondary N) is 1. The number of benzene rings is 2. The summed E-state index contributed by atoms with van der Waals surface area (Å²) in [4.78, 5) is 18.6. The topological polar surface area (TPSA) is 45.2 Å². The van der Waals surface area contributed by atoms with E-state index in [1.54, 1.807) is 12.1 Å². The fraction of sp³-hybridized carbons (Fsp3) is 0.143. The molecule has 0 aliphatic rings. The lowest BCUT2D eigenvalue weighted by molar-refractivity contribution is -0.137. The number of nitrogens with zero attached hydrogens (tertiary/aromatic N) is 2. The molecule has 0 saturated carbocycles. The highest BCUT2D eigenvalue weighted by molar-refractivity contribution is 6.03. The van der Waals surface area contributed by atoms with E-state index in [2.05, 4.69) is 10.3 Å². The second-order valence-electron chi connectivity index (χ2n) is 6.01. The van der Waals surface area contributed by atoms with Gasteiger partial charge < -0.3 is 10.2 Å². The number of para-hydroxylation sites is 1. The Morgan fingerprint density at radius 1 is 1.00 bits per heavy atom. The molecular formula is C21H18F3N3O. The van der Waals surface area contributed by atoms with Crippen LogP contribution in [0.3, 0.4) is 0 Å². The summed E-state index contributed by atoms with van der Waals surface area (Å²) in [6.07, 6.45) is -2.97. The number of alkyl halides is 3. The first-order valence-corrected chi connectivity index (χ1v) is 8.65. The van der Waals surface area contributed by atoms with Crippen LogP contribution in [0.25, 0.3) is 0 Å². The van der Waals surface area contributed by atoms with Crippen molar-refractivity contribution in [2.75, 3.05) is 16.8 Å². The van der Waals surface area contributed by atoms with Crippen LogP contribution in [0.4, 0.5) is 30.2 Å². The third kappa shape index (κ3) is 4.49. The number of halogens is 3. The first kappa shape index (κ1) is 19.4. The van der Waals surface area contributed by atoms with Crippen LogP contribution < -0.4 is 10.2 Å². The Bertz CT molecular complexity index is 958. The number of carbonyl (C=O) groups is 1. The highest BCUT2D eigenvalue weighted by Crippen LogP contribution is 2.31. The molecule has 3 aromatic rings. The number of amides is 1. The molecule has 144 valence electrons. The van der Waals surface area contributed by atoms with E-state index in [4.69, 9.17) is 0 Å². The van der Waals surface area contributed by atoms with E-state index >= 15 is 0 Å². The van der Waals surface area contributed by atoms with Crippen molar-refractivity contribution in [3.05, 3.63) is 84.2 Å². The Morgan fingerprint density at radius 2 is 1.75 bits per heavy atom. The average molecular weight is 385 g/mol. The molecule has 28 heavy (non-hydrogen) atoms. The average Bonchev–Trinajstić information content (AvgIpc) is 2.69. The van der Waals surface area contributed by atoms with Crippen molar-refractivity contribution < 1.29 is 18.0 Å². The van der Waals surface area contributed by atoms with Crippen LogP contribution in [0.15, 0.2) is 72.9 Å². The van der Waals surface area contributed by atoms with Gasteiger partial charge >= 0.3 is 6.18 Å². The van der Waals surface area contributed by atoms with Gasteiger partial charge in [0.1, 0.15) is 5.69 Å². The summed E-state index contributed by atoms with van der Waals surface area (Å²) in [5.74, 6) is -0.578. The molecule has 0 bridgehead atoms. The minimum atomic E-state index is -4.48. The zero-order chi connectivity index (χ0) is 20.1. The number of carbonyl (C=O) groups excluding carboxylic acids is 1. The van der Waals surface area contributed by atoms with E-state index in [9.17, 15) is 18.0 Å². The van der Waals surface area contributed by atoms with Gasteiger partial charge in [-0.15, -0.1) is 0 Å². The lowest BCUT2D eigenvalue weighted by Crippen LogP contribution is -2.18. The van der Waals surface area contributed by atoms with Crippen molar-refractivity contribution in [3.63, 3.8) is 0 Å². The maximum absolute atomic E-state index is 12.8. The summed E-state index contributed by atoms with van der Waals surface area (Å²) in [5.41, 5.74) is 1.07. The molecule has 3 rings (SSSR count). The Kier molecular flexibility index (Phi) is 5.63. The summed E-state index contributed by atoms with van der Waals surface area (Å²) in [7, 11) is 0. The van der Waals surface area contributed by atoms with E-state index in [1.807, 2.05) is 42.2 Å². The van der Waals surface area contributed by atoms with Crippen LogP contribution in [0.1, 0.15) is 23.0 Å². The third-order valence-electron chi connectivity index (χ3n) is 4.12. The van der Waals surface area contributed by atoms with E-state index < -0.39 is 17.6 Å². The summed E-state index contributed by atoms with van der Waals surface area (Å²) in [5, 5.41) is 2.47. The SMILES string of the molecule is CCN(c1ccccc1)c1ccnc(C(=O)Nc2cccc(C(F)(F)F)c2)c1. The van der Waals surface area contributed by atoms with Gasteiger partial charge in [-0.1, -0.05) is 24.3 Å². The fourth-order valence-electron chi connectivity index (χ4n) is 2.80. The molecule has 0 atom stereocenters. The van der Waals surface area contributed by atoms with Crippen molar-refractivity contribution >= 4 is 23.0 Å². The minimum Gasteiger partial charge on any atom is -0.342 e. The molecule has 0 radical (unpaired) electrons. The first-order chi connectivity index (χ1) is 13.4. The molecule has 7 heteroatoms. The highest BCUT2D eigenvalue weighted by atomic mass is 19.4. The third-order valence-corrected chi connectivity index (χ3v) is 4.12. The van der Waals surface area contributed by atoms with Crippen molar-refractivity contribution in [1.29, 1.82) is 0 Å². The molecule has 1 amide bonds. The van der Waals surface area contributed by atoms with Crippen LogP contribution in [0.5, 0.6) is 0 Å². The quantitative estimate of drug-likeness (QED) is 0.630. The second kappa shape index (κ2) is 8.12. The molecule has 0 spiro atoms. The number of aromatic nitrogens is 1. The fourth-order valence-corrected chi connectivity index (χ4v) is 2.80. The molecule has 0 aliphatic heterocycles. The standard InChI is InChI=1S/C21H18F3N3O/c1-2-27(17-9-4-3-5-10-17)18-11-12-25-19(14-18)20(28)26-16-8-6-7-15(13-16)21(22,23)24/h3-14H,2H2,1H3,(H,26,28). The summed E-state index contributed by atoms with van der Waals surface area (Å²) < 4.78 is 38.5. The van der Waals surface area contributed by atoms with Crippen LogP contribution in [0, 0.1) is 0 Å². The molecule has 2 aromatic carbocycles. The van der Waals surface area contributed by atoms with Gasteiger partial charge in [-0.3, -0.25) is 9.78 Å². The molecule has 1 heterocycles. The predicted octanol–water partition coefficient (Wildman–Crippen LogP) is 5.51. The largest absolute Gasteiger partial charge is 0.416 e. The lowest BCUT2D eigenvalue weighted by atomic mass is 10.2. The second-order valence-corrected chi connectivity index (χ2v) is 6.01. The van der Waals surface area contributed by atoms with Crippen molar-refractivity contribution in [3.8, 4) is 0 Å². The highest BCUT2D eigenvalue weighted by Gasteiger charge is 2.30. The van der Waals surface area contributed by atoms with Gasteiger partial charge in [0.15, 0.2) is 0 Å². The van der Waals surface area contributed by atoms with E-state index in [0.29, 0.717) is 6.54 Å². The van der Waals surface area contributed by atoms with Crippen LogP contribution in [-0.4, -0.2) is 17.4 Å². The first-order valence-electron chi connectivity index (χ1n) is 8.65. The summed E-state index contributed by atoms with van der Waals surface area (Å²) >= 11 is 0. The monoisotopic (exact) mass is 385 g/mol. The molecule has 1 N–H and O–H groups in total. The van der Waals surface area contributed by atoms with Gasteiger partial charge in [-0.05, 0) is 49.4 Å². The van der Waals surface area contributed by atoms with E-state index in [0.717, 1.165) is 23.5 Å². The maximum Gasteiger partial charge on any atom is 0.416 e. The minimum absolute atomic E-state index is 0.0578. The predicted molar refractivity (Wildman–Crippen MR) is 103 cm³/mol. The van der Waals surface area contributed by atoms with Gasteiger partial charge in [-0.2, -0.15) is 13.2 Å². The summed E-state index contributed by atoms with van der Waals surface area (Å²) in [6, 6.07) is 17.5. The van der Waals surface area contributed by atoms with Crippen LogP contribution >= 0.6 is 0 Å². The van der Waals surface area contributed by atoms with Crippen LogP contribution in [-0.2, 0) is 6.18 Å². The number of anilines is 3. The molecule has 4 nitrogen and oxygen atoms in total. The Hall–Kier alpha value is -3.35. The van der Waals surface area contributed by atoms with Crippen LogP contribution in [0.2, 0.25) is 0 Å². The zero-order valence-electron chi connectivity index (χ0n) is 15.1. The Balaban J connectivity index is 1.83. The Labute approximate surface area is 160 Å². The molecule has 0 aliphatic carbocycles. The van der Waals surface area contributed by atoms with Crippen molar-refractivity contribution in [2.45, 2.75) is 13.1 Å². The van der Waals surface area contributed by atoms with E-state index in [-0.39, 0.29) is 11.4 Å². The molecule has 1 aromatic heterocycles. The van der Waals surface area contributed by atoms with Gasteiger partial charge in [0.2, 0.25) is 0 Å². The van der Waals surface area contributed by atoms with E-state index in [1.165, 1.54) is 18.3 Å².